The Kier molecular flexibility index (Phi) is 7.03. The van der Waals surface area contributed by atoms with Gasteiger partial charge in [-0.3, -0.25) is 4.79 Å². The van der Waals surface area contributed by atoms with Crippen LogP contribution in [0.3, 0.4) is 0 Å². The fourth-order valence-electron chi connectivity index (χ4n) is 3.49. The number of sulfonamides is 1. The van der Waals surface area contributed by atoms with Gasteiger partial charge in [-0.2, -0.15) is 4.31 Å². The van der Waals surface area contributed by atoms with Gasteiger partial charge >= 0.3 is 0 Å². The van der Waals surface area contributed by atoms with Crippen LogP contribution in [0.25, 0.3) is 11.0 Å². The molecule has 1 heterocycles. The molecule has 166 valence electrons. The van der Waals surface area contributed by atoms with E-state index in [1.54, 1.807) is 30.3 Å². The number of aryl methyl sites for hydroxylation is 3. The van der Waals surface area contributed by atoms with Crippen molar-refractivity contribution >= 4 is 44.3 Å². The number of halogens is 1. The molecule has 0 saturated heterocycles. The van der Waals surface area contributed by atoms with Gasteiger partial charge in [-0.25, -0.2) is 13.4 Å². The Morgan fingerprint density at radius 2 is 1.87 bits per heavy atom. The minimum Gasteiger partial charge on any atom is -0.331 e. The van der Waals surface area contributed by atoms with Crippen LogP contribution in [0.1, 0.15) is 31.7 Å². The monoisotopic (exact) mass is 462 g/mol. The number of aromatic nitrogens is 2. The van der Waals surface area contributed by atoms with E-state index in [2.05, 4.69) is 10.3 Å². The van der Waals surface area contributed by atoms with E-state index in [-0.39, 0.29) is 17.2 Å². The highest BCUT2D eigenvalue weighted by Crippen LogP contribution is 2.23. The summed E-state index contributed by atoms with van der Waals surface area (Å²) >= 11 is 6.01. The van der Waals surface area contributed by atoms with E-state index < -0.39 is 10.0 Å². The van der Waals surface area contributed by atoms with Crippen LogP contribution < -0.4 is 5.32 Å². The van der Waals surface area contributed by atoms with E-state index in [0.29, 0.717) is 41.6 Å². The highest BCUT2D eigenvalue weighted by molar-refractivity contribution is 7.89. The molecule has 0 aliphatic heterocycles. The number of carbonyl (C=O) groups is 1. The van der Waals surface area contributed by atoms with Crippen LogP contribution in [0, 0.1) is 6.92 Å². The normalized spacial score (nSPS) is 11.9. The van der Waals surface area contributed by atoms with E-state index in [0.717, 1.165) is 11.1 Å². The molecule has 0 spiro atoms. The molecule has 0 atom stereocenters. The molecule has 2 aromatic carbocycles. The minimum atomic E-state index is -3.56. The molecule has 0 radical (unpaired) electrons. The lowest BCUT2D eigenvalue weighted by atomic mass is 10.2. The van der Waals surface area contributed by atoms with Gasteiger partial charge in [0, 0.05) is 43.7 Å². The molecule has 3 aromatic rings. The maximum Gasteiger partial charge on any atom is 0.243 e. The zero-order valence-corrected chi connectivity index (χ0v) is 19.7. The van der Waals surface area contributed by atoms with E-state index in [9.17, 15) is 13.2 Å². The topological polar surface area (TPSA) is 84.3 Å². The van der Waals surface area contributed by atoms with Gasteiger partial charge in [-0.05, 0) is 42.8 Å². The lowest BCUT2D eigenvalue weighted by Crippen LogP contribution is -2.30. The largest absolute Gasteiger partial charge is 0.331 e. The summed E-state index contributed by atoms with van der Waals surface area (Å²) in [5.74, 6) is 0.576. The second kappa shape index (κ2) is 9.38. The number of carbonyl (C=O) groups excluding carboxylic acids is 1. The van der Waals surface area contributed by atoms with Crippen molar-refractivity contribution < 1.29 is 13.2 Å². The fourth-order valence-corrected chi connectivity index (χ4v) is 5.14. The smallest absolute Gasteiger partial charge is 0.243 e. The number of hydrogen-bond donors (Lipinski definition) is 1. The molecule has 7 nitrogen and oxygen atoms in total. The SMILES string of the molecule is CCN(CC)S(=O)(=O)c1ccc2c(c1)nc(CCC(=O)Nc1cc(Cl)ccc1C)n2C. The lowest BCUT2D eigenvalue weighted by Gasteiger charge is -2.18. The van der Waals surface area contributed by atoms with Crippen LogP contribution >= 0.6 is 11.6 Å². The van der Waals surface area contributed by atoms with E-state index in [1.165, 1.54) is 4.31 Å². The second-order valence-corrected chi connectivity index (χ2v) is 9.71. The maximum absolute atomic E-state index is 12.8. The Hall–Kier alpha value is -2.42. The number of anilines is 1. The van der Waals surface area contributed by atoms with Crippen LogP contribution in [0.15, 0.2) is 41.3 Å². The number of benzene rings is 2. The Labute approximate surface area is 188 Å². The first-order valence-electron chi connectivity index (χ1n) is 10.2. The number of rotatable bonds is 8. The molecule has 1 N–H and O–H groups in total. The van der Waals surface area contributed by atoms with Crippen LogP contribution in [-0.4, -0.2) is 41.3 Å². The first-order valence-corrected chi connectivity index (χ1v) is 12.0. The highest BCUT2D eigenvalue weighted by atomic mass is 35.5. The maximum atomic E-state index is 12.8. The van der Waals surface area contributed by atoms with Crippen molar-refractivity contribution in [2.45, 2.75) is 38.5 Å². The van der Waals surface area contributed by atoms with E-state index >= 15 is 0 Å². The summed E-state index contributed by atoms with van der Waals surface area (Å²) in [5, 5.41) is 3.45. The zero-order chi connectivity index (χ0) is 22.8. The standard InChI is InChI=1S/C22H27ClN4O3S/c1-5-27(6-2)31(29,30)17-9-10-20-19(14-17)24-21(26(20)4)11-12-22(28)25-18-13-16(23)8-7-15(18)3/h7-10,13-14H,5-6,11-12H2,1-4H3,(H,25,28). The van der Waals surface area contributed by atoms with Crippen molar-refractivity contribution in [1.29, 1.82) is 0 Å². The minimum absolute atomic E-state index is 0.137. The fraction of sp³-hybridized carbons (Fsp3) is 0.364. The van der Waals surface area contributed by atoms with Gasteiger partial charge in [-0.1, -0.05) is 31.5 Å². The predicted octanol–water partition coefficient (Wildman–Crippen LogP) is 4.14. The van der Waals surface area contributed by atoms with Crippen LogP contribution in [-0.2, 0) is 28.3 Å². The Morgan fingerprint density at radius 1 is 1.16 bits per heavy atom. The Balaban J connectivity index is 1.78. The zero-order valence-electron chi connectivity index (χ0n) is 18.1. The molecule has 0 bridgehead atoms. The number of nitrogens with zero attached hydrogens (tertiary/aromatic N) is 3. The van der Waals surface area contributed by atoms with Crippen molar-refractivity contribution in [3.63, 3.8) is 0 Å². The van der Waals surface area contributed by atoms with Crippen molar-refractivity contribution in [1.82, 2.24) is 13.9 Å². The van der Waals surface area contributed by atoms with Crippen molar-refractivity contribution in [3.8, 4) is 0 Å². The summed E-state index contributed by atoms with van der Waals surface area (Å²) in [6, 6.07) is 10.3. The molecule has 1 amide bonds. The number of imidazole rings is 1. The van der Waals surface area contributed by atoms with Crippen molar-refractivity contribution in [2.24, 2.45) is 7.05 Å². The Bertz CT molecular complexity index is 1220. The number of fused-ring (bicyclic) bond motifs is 1. The average Bonchev–Trinajstić information content (AvgIpc) is 3.05. The molecule has 0 saturated carbocycles. The van der Waals surface area contributed by atoms with E-state index in [1.807, 2.05) is 38.5 Å². The van der Waals surface area contributed by atoms with Crippen molar-refractivity contribution in [3.05, 3.63) is 52.8 Å². The van der Waals surface area contributed by atoms with Gasteiger partial charge in [0.25, 0.3) is 0 Å². The second-order valence-electron chi connectivity index (χ2n) is 7.33. The third-order valence-electron chi connectivity index (χ3n) is 5.34. The Morgan fingerprint density at radius 3 is 2.55 bits per heavy atom. The van der Waals surface area contributed by atoms with Gasteiger partial charge in [0.1, 0.15) is 5.82 Å². The summed E-state index contributed by atoms with van der Waals surface area (Å²) in [4.78, 5) is 17.2. The third-order valence-corrected chi connectivity index (χ3v) is 7.62. The van der Waals surface area contributed by atoms with Gasteiger partial charge in [-0.15, -0.1) is 0 Å². The summed E-state index contributed by atoms with van der Waals surface area (Å²) in [6.07, 6.45) is 0.669. The predicted molar refractivity (Wildman–Crippen MR) is 124 cm³/mol. The molecule has 31 heavy (non-hydrogen) atoms. The molecule has 0 aliphatic rings. The average molecular weight is 463 g/mol. The van der Waals surface area contributed by atoms with Gasteiger partial charge in [0.2, 0.25) is 15.9 Å². The molecule has 0 aliphatic carbocycles. The molecular formula is C22H27ClN4O3S. The molecule has 0 unspecified atom stereocenters. The molecular weight excluding hydrogens is 436 g/mol. The van der Waals surface area contributed by atoms with Crippen LogP contribution in [0.2, 0.25) is 5.02 Å². The summed E-state index contributed by atoms with van der Waals surface area (Å²) in [7, 11) is -1.69. The first kappa shape index (κ1) is 23.2. The summed E-state index contributed by atoms with van der Waals surface area (Å²) in [6.45, 7) is 6.35. The van der Waals surface area contributed by atoms with E-state index in [4.69, 9.17) is 11.6 Å². The first-order chi connectivity index (χ1) is 14.7. The quantitative estimate of drug-likeness (QED) is 0.545. The number of hydrogen-bond acceptors (Lipinski definition) is 4. The van der Waals surface area contributed by atoms with Crippen molar-refractivity contribution in [2.75, 3.05) is 18.4 Å². The summed E-state index contributed by atoms with van der Waals surface area (Å²) in [5.41, 5.74) is 3.03. The molecule has 9 heteroatoms. The van der Waals surface area contributed by atoms with Gasteiger partial charge < -0.3 is 9.88 Å². The van der Waals surface area contributed by atoms with Crippen LogP contribution in [0.4, 0.5) is 5.69 Å². The van der Waals surface area contributed by atoms with Gasteiger partial charge in [0.05, 0.1) is 15.9 Å². The highest BCUT2D eigenvalue weighted by Gasteiger charge is 2.22. The number of amides is 1. The molecule has 1 aromatic heterocycles. The lowest BCUT2D eigenvalue weighted by molar-refractivity contribution is -0.116. The number of nitrogens with one attached hydrogen (secondary N) is 1. The molecule has 3 rings (SSSR count). The molecule has 0 fully saturated rings. The van der Waals surface area contributed by atoms with Crippen LogP contribution in [0.5, 0.6) is 0 Å². The summed E-state index contributed by atoms with van der Waals surface area (Å²) < 4.78 is 28.9. The van der Waals surface area contributed by atoms with Gasteiger partial charge in [0.15, 0.2) is 0 Å². The third kappa shape index (κ3) is 4.92.